The van der Waals surface area contributed by atoms with Gasteiger partial charge < -0.3 is 0 Å². The Labute approximate surface area is 139 Å². The molecule has 0 atom stereocenters. The van der Waals surface area contributed by atoms with Crippen LogP contribution >= 0.6 is 0 Å². The van der Waals surface area contributed by atoms with E-state index in [0.717, 1.165) is 0 Å². The van der Waals surface area contributed by atoms with E-state index in [1.807, 2.05) is 0 Å². The fraction of sp³-hybridized carbons (Fsp3) is 0. The van der Waals surface area contributed by atoms with Crippen LogP contribution in [0.2, 0.25) is 0 Å². The Morgan fingerprint density at radius 3 is 1.27 bits per heavy atom. The van der Waals surface area contributed by atoms with Gasteiger partial charge in [-0.25, -0.2) is 0 Å². The molecule has 0 aliphatic rings. The summed E-state index contributed by atoms with van der Waals surface area (Å²) >= 11 is -0.750. The number of rotatable bonds is 5. The van der Waals surface area contributed by atoms with Gasteiger partial charge in [0, 0.05) is 0 Å². The van der Waals surface area contributed by atoms with Crippen LogP contribution in [-0.2, 0) is 20.2 Å². The van der Waals surface area contributed by atoms with Crippen molar-refractivity contribution in [2.45, 2.75) is 9.79 Å². The first-order valence-electron chi connectivity index (χ1n) is 5.67. The summed E-state index contributed by atoms with van der Waals surface area (Å²) < 4.78 is 64.6. The molecule has 118 valence electrons. The third kappa shape index (κ3) is 4.41. The molecule has 0 bridgehead atoms. The minimum atomic E-state index is -4.32. The van der Waals surface area contributed by atoms with E-state index < -0.39 is 20.2 Å². The molecule has 2 N–H and O–H groups in total. The van der Waals surface area contributed by atoms with E-state index in [9.17, 15) is 25.9 Å². The molecule has 10 heteroatoms. The van der Waals surface area contributed by atoms with Crippen LogP contribution < -0.4 is 8.92 Å². The zero-order valence-electron chi connectivity index (χ0n) is 10.8. The van der Waals surface area contributed by atoms with Crippen molar-refractivity contribution in [2.24, 2.45) is 0 Å². The number of hydrogen-bond donors (Lipinski definition) is 2. The number of hydrogen-bond acceptors (Lipinski definition) is 4. The van der Waals surface area contributed by atoms with Gasteiger partial charge in [-0.2, -0.15) is 0 Å². The van der Waals surface area contributed by atoms with Crippen LogP contribution in [0.5, 0.6) is 0 Å². The molecule has 0 heterocycles. The minimum absolute atomic E-state index is 0.166. The second-order valence-corrected chi connectivity index (χ2v) is 13.0. The van der Waals surface area contributed by atoms with E-state index in [1.54, 1.807) is 24.3 Å². The van der Waals surface area contributed by atoms with Crippen LogP contribution in [0.1, 0.15) is 0 Å². The van der Waals surface area contributed by atoms with Crippen molar-refractivity contribution >= 4 is 55.4 Å². The van der Waals surface area contributed by atoms with Gasteiger partial charge in [0.2, 0.25) is 0 Å². The van der Waals surface area contributed by atoms with Crippen molar-refractivity contribution in [3.8, 4) is 0 Å². The standard InChI is InChI=1S/C12H10O6S2Se2/c13-19(14,15)9-5-1-3-7-11(9)21-22-12-8-4-2-6-10(12)20(16,17)18/h1-8H,(H,13,14,15)(H,16,17,18). The Morgan fingerprint density at radius 1 is 0.636 bits per heavy atom. The van der Waals surface area contributed by atoms with Gasteiger partial charge >= 0.3 is 140 Å². The maximum atomic E-state index is 11.3. The Bertz CT molecular complexity index is 818. The normalized spacial score (nSPS) is 12.3. The quantitative estimate of drug-likeness (QED) is 0.447. The molecule has 0 unspecified atom stereocenters. The van der Waals surface area contributed by atoms with Crippen LogP contribution in [0.15, 0.2) is 58.3 Å². The molecule has 6 nitrogen and oxygen atoms in total. The van der Waals surface area contributed by atoms with E-state index in [1.165, 1.54) is 24.3 Å². The van der Waals surface area contributed by atoms with E-state index in [0.29, 0.717) is 8.92 Å². The maximum absolute atomic E-state index is 11.3. The zero-order chi connectivity index (χ0) is 16.4. The first-order valence-corrected chi connectivity index (χ1v) is 14.6. The van der Waals surface area contributed by atoms with Gasteiger partial charge in [0.15, 0.2) is 0 Å². The van der Waals surface area contributed by atoms with Gasteiger partial charge in [-0.1, -0.05) is 0 Å². The molecule has 2 rings (SSSR count). The Hall–Kier alpha value is -0.701. The van der Waals surface area contributed by atoms with Crippen molar-refractivity contribution in [1.29, 1.82) is 0 Å². The predicted octanol–water partition coefficient (Wildman–Crippen LogP) is -0.546. The summed E-state index contributed by atoms with van der Waals surface area (Å²) in [5.41, 5.74) is 0. The second kappa shape index (κ2) is 6.82. The third-order valence-corrected chi connectivity index (χ3v) is 12.1. The molecular weight excluding hydrogens is 462 g/mol. The second-order valence-electron chi connectivity index (χ2n) is 4.01. The summed E-state index contributed by atoms with van der Waals surface area (Å²) in [6, 6.07) is 12.1. The SMILES string of the molecule is O=S(=O)(O)c1ccccc1[Se][Se]c1ccccc1S(=O)(=O)O. The van der Waals surface area contributed by atoms with E-state index in [2.05, 4.69) is 0 Å². The van der Waals surface area contributed by atoms with Crippen LogP contribution in [-0.4, -0.2) is 52.2 Å². The van der Waals surface area contributed by atoms with Gasteiger partial charge in [-0.05, 0) is 0 Å². The van der Waals surface area contributed by atoms with Crippen molar-refractivity contribution in [3.05, 3.63) is 48.5 Å². The Balaban J connectivity index is 2.34. The molecule has 0 aliphatic heterocycles. The Kier molecular flexibility index (Phi) is 5.47. The molecule has 0 saturated heterocycles. The van der Waals surface area contributed by atoms with Crippen LogP contribution in [0.25, 0.3) is 0 Å². The molecule has 0 amide bonds. The van der Waals surface area contributed by atoms with E-state index in [4.69, 9.17) is 0 Å². The molecule has 22 heavy (non-hydrogen) atoms. The van der Waals surface area contributed by atoms with E-state index >= 15 is 0 Å². The molecule has 2 aromatic rings. The third-order valence-electron chi connectivity index (χ3n) is 2.48. The fourth-order valence-corrected chi connectivity index (χ4v) is 12.4. The van der Waals surface area contributed by atoms with Gasteiger partial charge in [0.1, 0.15) is 0 Å². The molecule has 0 aliphatic carbocycles. The van der Waals surface area contributed by atoms with Gasteiger partial charge in [0.05, 0.1) is 0 Å². The summed E-state index contributed by atoms with van der Waals surface area (Å²) in [5.74, 6) is 0. The van der Waals surface area contributed by atoms with Crippen LogP contribution in [0, 0.1) is 0 Å². The first-order chi connectivity index (χ1) is 10.2. The molecule has 0 spiro atoms. The molecular formula is C12H10O6S2Se2. The average Bonchev–Trinajstić information content (AvgIpc) is 2.44. The molecule has 0 aromatic heterocycles. The summed E-state index contributed by atoms with van der Waals surface area (Å²) in [5, 5.41) is 0. The summed E-state index contributed by atoms with van der Waals surface area (Å²) in [6.45, 7) is 0. The topological polar surface area (TPSA) is 109 Å². The summed E-state index contributed by atoms with van der Waals surface area (Å²) in [7, 11) is -8.64. The Morgan fingerprint density at radius 2 is 0.955 bits per heavy atom. The predicted molar refractivity (Wildman–Crippen MR) is 83.3 cm³/mol. The van der Waals surface area contributed by atoms with E-state index in [-0.39, 0.29) is 36.1 Å². The summed E-state index contributed by atoms with van der Waals surface area (Å²) in [6.07, 6.45) is 0. The van der Waals surface area contributed by atoms with Crippen molar-refractivity contribution in [1.82, 2.24) is 0 Å². The van der Waals surface area contributed by atoms with Crippen molar-refractivity contribution in [2.75, 3.05) is 0 Å². The van der Waals surface area contributed by atoms with Gasteiger partial charge in [0.25, 0.3) is 0 Å². The van der Waals surface area contributed by atoms with Crippen LogP contribution in [0.3, 0.4) is 0 Å². The summed E-state index contributed by atoms with van der Waals surface area (Å²) in [4.78, 5) is -0.331. The molecule has 2 aromatic carbocycles. The number of benzene rings is 2. The van der Waals surface area contributed by atoms with Crippen LogP contribution in [0.4, 0.5) is 0 Å². The van der Waals surface area contributed by atoms with Gasteiger partial charge in [-0.15, -0.1) is 0 Å². The monoisotopic (exact) mass is 474 g/mol. The van der Waals surface area contributed by atoms with Crippen molar-refractivity contribution in [3.63, 3.8) is 0 Å². The molecule has 0 fully saturated rings. The molecule has 0 saturated carbocycles. The zero-order valence-corrected chi connectivity index (χ0v) is 15.8. The first kappa shape index (κ1) is 17.6. The average molecular weight is 472 g/mol. The van der Waals surface area contributed by atoms with Crippen molar-refractivity contribution < 1.29 is 25.9 Å². The van der Waals surface area contributed by atoms with Gasteiger partial charge in [-0.3, -0.25) is 0 Å². The fourth-order valence-electron chi connectivity index (χ4n) is 1.55. The molecule has 0 radical (unpaired) electrons.